The number of pyridine rings is 1. The maximum absolute atomic E-state index is 12.6. The van der Waals surface area contributed by atoms with Crippen LogP contribution in [0.15, 0.2) is 53.3 Å². The fraction of sp³-hybridized carbons (Fsp3) is 0.167. The summed E-state index contributed by atoms with van der Waals surface area (Å²) in [5.41, 5.74) is 2.27. The van der Waals surface area contributed by atoms with Crippen LogP contribution in [-0.2, 0) is 0 Å². The van der Waals surface area contributed by atoms with Gasteiger partial charge in [-0.3, -0.25) is 9.78 Å². The third-order valence-corrected chi connectivity index (χ3v) is 3.45. The summed E-state index contributed by atoms with van der Waals surface area (Å²) >= 11 is 0. The summed E-state index contributed by atoms with van der Waals surface area (Å²) in [6.45, 7) is 4.23. The number of nitrogens with zero attached hydrogens (tertiary/aromatic N) is 2. The predicted molar refractivity (Wildman–Crippen MR) is 90.0 cm³/mol. The minimum absolute atomic E-state index is 0.281. The van der Waals surface area contributed by atoms with Crippen LogP contribution < -0.4 is 10.1 Å². The Hall–Kier alpha value is -3.15. The van der Waals surface area contributed by atoms with Gasteiger partial charge in [0.15, 0.2) is 0 Å². The van der Waals surface area contributed by atoms with Gasteiger partial charge in [-0.15, -0.1) is 0 Å². The minimum atomic E-state index is -0.281. The molecule has 1 amide bonds. The van der Waals surface area contributed by atoms with Gasteiger partial charge in [0.2, 0.25) is 0 Å². The highest BCUT2D eigenvalue weighted by molar-refractivity contribution is 6.08. The summed E-state index contributed by atoms with van der Waals surface area (Å²) in [6, 6.07) is 10.8. The third kappa shape index (κ3) is 3.27. The molecule has 3 rings (SSSR count). The molecule has 6 heteroatoms. The van der Waals surface area contributed by atoms with Crippen molar-refractivity contribution in [2.24, 2.45) is 0 Å². The first-order valence-corrected chi connectivity index (χ1v) is 7.60. The molecule has 6 nitrogen and oxygen atoms in total. The van der Waals surface area contributed by atoms with Crippen molar-refractivity contribution in [3.63, 3.8) is 0 Å². The number of anilines is 1. The molecule has 0 fully saturated rings. The first-order chi connectivity index (χ1) is 11.7. The van der Waals surface area contributed by atoms with E-state index in [2.05, 4.69) is 15.5 Å². The van der Waals surface area contributed by atoms with E-state index in [-0.39, 0.29) is 5.91 Å². The number of aryl methyl sites for hydroxylation is 1. The SMILES string of the molecule is CCOc1ccc(NC(=O)c2c(-c3cccnc3)noc2C)cc1. The number of benzene rings is 1. The molecule has 24 heavy (non-hydrogen) atoms. The number of aromatic nitrogens is 2. The standard InChI is InChI=1S/C18H17N3O3/c1-3-23-15-8-6-14(7-9-15)20-18(22)16-12(2)24-21-17(16)13-5-4-10-19-11-13/h4-11H,3H2,1-2H3,(H,20,22). The van der Waals surface area contributed by atoms with Crippen LogP contribution in [-0.4, -0.2) is 22.7 Å². The number of carbonyl (C=O) groups is 1. The highest BCUT2D eigenvalue weighted by atomic mass is 16.5. The van der Waals surface area contributed by atoms with Crippen molar-refractivity contribution in [2.45, 2.75) is 13.8 Å². The van der Waals surface area contributed by atoms with Gasteiger partial charge in [0.1, 0.15) is 22.8 Å². The molecule has 1 N–H and O–H groups in total. The average molecular weight is 323 g/mol. The molecular formula is C18H17N3O3. The molecule has 0 radical (unpaired) electrons. The van der Waals surface area contributed by atoms with E-state index >= 15 is 0 Å². The smallest absolute Gasteiger partial charge is 0.261 e. The maximum atomic E-state index is 12.6. The van der Waals surface area contributed by atoms with E-state index in [1.807, 2.05) is 25.1 Å². The Balaban J connectivity index is 1.84. The second kappa shape index (κ2) is 6.95. The molecule has 0 aliphatic heterocycles. The Morgan fingerprint density at radius 1 is 1.25 bits per heavy atom. The molecule has 0 bridgehead atoms. The second-order valence-electron chi connectivity index (χ2n) is 5.12. The van der Waals surface area contributed by atoms with Gasteiger partial charge in [-0.2, -0.15) is 0 Å². The summed E-state index contributed by atoms with van der Waals surface area (Å²) in [7, 11) is 0. The van der Waals surface area contributed by atoms with Crippen molar-refractivity contribution in [1.29, 1.82) is 0 Å². The summed E-state index contributed by atoms with van der Waals surface area (Å²) < 4.78 is 10.6. The molecule has 0 atom stereocenters. The van der Waals surface area contributed by atoms with E-state index in [1.165, 1.54) is 0 Å². The van der Waals surface area contributed by atoms with Crippen LogP contribution in [0.4, 0.5) is 5.69 Å². The number of amides is 1. The van der Waals surface area contributed by atoms with Crippen molar-refractivity contribution in [2.75, 3.05) is 11.9 Å². The minimum Gasteiger partial charge on any atom is -0.494 e. The summed E-state index contributed by atoms with van der Waals surface area (Å²) in [5, 5.41) is 6.84. The van der Waals surface area contributed by atoms with E-state index in [1.54, 1.807) is 37.5 Å². The molecule has 0 aliphatic rings. The molecule has 0 unspecified atom stereocenters. The van der Waals surface area contributed by atoms with E-state index < -0.39 is 0 Å². The van der Waals surface area contributed by atoms with Gasteiger partial charge in [-0.05, 0) is 50.2 Å². The van der Waals surface area contributed by atoms with Gasteiger partial charge in [-0.1, -0.05) is 5.16 Å². The number of ether oxygens (including phenoxy) is 1. The molecule has 0 saturated heterocycles. The van der Waals surface area contributed by atoms with Gasteiger partial charge < -0.3 is 14.6 Å². The number of carbonyl (C=O) groups excluding carboxylic acids is 1. The van der Waals surface area contributed by atoms with Gasteiger partial charge in [-0.25, -0.2) is 0 Å². The fourth-order valence-corrected chi connectivity index (χ4v) is 2.33. The molecule has 1 aromatic carbocycles. The van der Waals surface area contributed by atoms with Crippen molar-refractivity contribution in [3.8, 4) is 17.0 Å². The lowest BCUT2D eigenvalue weighted by atomic mass is 10.1. The van der Waals surface area contributed by atoms with Crippen LogP contribution in [0.1, 0.15) is 23.0 Å². The molecule has 0 saturated carbocycles. The largest absolute Gasteiger partial charge is 0.494 e. The molecule has 122 valence electrons. The number of nitrogens with one attached hydrogen (secondary N) is 1. The lowest BCUT2D eigenvalue weighted by molar-refractivity contribution is 0.102. The topological polar surface area (TPSA) is 77.2 Å². The predicted octanol–water partition coefficient (Wildman–Crippen LogP) is 3.70. The summed E-state index contributed by atoms with van der Waals surface area (Å²) in [4.78, 5) is 16.7. The van der Waals surface area contributed by atoms with Crippen molar-refractivity contribution < 1.29 is 14.1 Å². The van der Waals surface area contributed by atoms with Crippen molar-refractivity contribution in [1.82, 2.24) is 10.1 Å². The Kier molecular flexibility index (Phi) is 4.56. The van der Waals surface area contributed by atoms with Crippen LogP contribution in [0.3, 0.4) is 0 Å². The third-order valence-electron chi connectivity index (χ3n) is 3.45. The zero-order valence-corrected chi connectivity index (χ0v) is 13.4. The van der Waals surface area contributed by atoms with Gasteiger partial charge in [0, 0.05) is 23.6 Å². The zero-order chi connectivity index (χ0) is 16.9. The fourth-order valence-electron chi connectivity index (χ4n) is 2.33. The number of hydrogen-bond donors (Lipinski definition) is 1. The van der Waals surface area contributed by atoms with E-state index in [0.717, 1.165) is 11.3 Å². The van der Waals surface area contributed by atoms with Crippen molar-refractivity contribution >= 4 is 11.6 Å². The molecule has 2 heterocycles. The number of rotatable bonds is 5. The molecule has 2 aromatic heterocycles. The Labute approximate surface area is 139 Å². The van der Waals surface area contributed by atoms with Crippen LogP contribution in [0, 0.1) is 6.92 Å². The van der Waals surface area contributed by atoms with E-state index in [9.17, 15) is 4.79 Å². The molecular weight excluding hydrogens is 306 g/mol. The van der Waals surface area contributed by atoms with E-state index in [4.69, 9.17) is 9.26 Å². The van der Waals surface area contributed by atoms with Gasteiger partial charge >= 0.3 is 0 Å². The number of hydrogen-bond acceptors (Lipinski definition) is 5. The summed E-state index contributed by atoms with van der Waals surface area (Å²) in [6.07, 6.45) is 3.31. The highest BCUT2D eigenvalue weighted by Gasteiger charge is 2.21. The lowest BCUT2D eigenvalue weighted by Crippen LogP contribution is -2.13. The van der Waals surface area contributed by atoms with Gasteiger partial charge in [0.25, 0.3) is 5.91 Å². The molecule has 0 aliphatic carbocycles. The quantitative estimate of drug-likeness (QED) is 0.774. The monoisotopic (exact) mass is 323 g/mol. The highest BCUT2D eigenvalue weighted by Crippen LogP contribution is 2.25. The average Bonchev–Trinajstić information content (AvgIpc) is 2.99. The Bertz CT molecular complexity index is 826. The van der Waals surface area contributed by atoms with Crippen molar-refractivity contribution in [3.05, 3.63) is 60.1 Å². The zero-order valence-electron chi connectivity index (χ0n) is 13.4. The van der Waals surface area contributed by atoms with Crippen LogP contribution in [0.2, 0.25) is 0 Å². The Morgan fingerprint density at radius 3 is 2.71 bits per heavy atom. The normalized spacial score (nSPS) is 10.4. The van der Waals surface area contributed by atoms with Crippen LogP contribution in [0.5, 0.6) is 5.75 Å². The first-order valence-electron chi connectivity index (χ1n) is 7.60. The molecule has 0 spiro atoms. The van der Waals surface area contributed by atoms with E-state index in [0.29, 0.717) is 29.3 Å². The first kappa shape index (κ1) is 15.7. The van der Waals surface area contributed by atoms with Gasteiger partial charge in [0.05, 0.1) is 6.61 Å². The van der Waals surface area contributed by atoms with Crippen LogP contribution in [0.25, 0.3) is 11.3 Å². The molecule has 3 aromatic rings. The Morgan fingerprint density at radius 2 is 2.04 bits per heavy atom. The van der Waals surface area contributed by atoms with Crippen LogP contribution >= 0.6 is 0 Å². The lowest BCUT2D eigenvalue weighted by Gasteiger charge is -2.07. The second-order valence-corrected chi connectivity index (χ2v) is 5.12. The maximum Gasteiger partial charge on any atom is 0.261 e. The summed E-state index contributed by atoms with van der Waals surface area (Å²) in [5.74, 6) is 0.932.